The summed E-state index contributed by atoms with van der Waals surface area (Å²) in [5.41, 5.74) is 0.472. The van der Waals surface area contributed by atoms with Crippen LogP contribution < -0.4 is 5.32 Å². The normalized spacial score (nSPS) is 19.5. The molecule has 0 saturated heterocycles. The molecule has 1 fully saturated rings. The van der Waals surface area contributed by atoms with E-state index >= 15 is 0 Å². The van der Waals surface area contributed by atoms with E-state index in [9.17, 15) is 4.79 Å². The van der Waals surface area contributed by atoms with Crippen LogP contribution in [0.25, 0.3) is 0 Å². The lowest BCUT2D eigenvalue weighted by atomic mass is 10.1. The van der Waals surface area contributed by atoms with E-state index in [0.29, 0.717) is 0 Å². The third-order valence-electron chi connectivity index (χ3n) is 2.95. The van der Waals surface area contributed by atoms with E-state index in [2.05, 4.69) is 5.32 Å². The average Bonchev–Trinajstić information content (AvgIpc) is 3.00. The zero-order valence-corrected chi connectivity index (χ0v) is 8.73. The minimum atomic E-state index is -0.731. The van der Waals surface area contributed by atoms with Gasteiger partial charge >= 0.3 is 5.97 Å². The second-order valence-corrected chi connectivity index (χ2v) is 4.16. The Morgan fingerprint density at radius 3 is 2.47 bits per heavy atom. The van der Waals surface area contributed by atoms with E-state index in [4.69, 9.17) is 5.11 Å². The molecule has 1 aromatic rings. The van der Waals surface area contributed by atoms with Crippen molar-refractivity contribution in [1.29, 1.82) is 0 Å². The van der Waals surface area contributed by atoms with Crippen molar-refractivity contribution in [2.24, 2.45) is 0 Å². The maximum atomic E-state index is 11.0. The summed E-state index contributed by atoms with van der Waals surface area (Å²) in [7, 11) is 0. The summed E-state index contributed by atoms with van der Waals surface area (Å²) in [6.07, 6.45) is 1.47. The monoisotopic (exact) mass is 205 g/mol. The Labute approximate surface area is 89.1 Å². The molecule has 0 bridgehead atoms. The van der Waals surface area contributed by atoms with Gasteiger partial charge in [0, 0.05) is 6.04 Å². The molecule has 2 rings (SSSR count). The van der Waals surface area contributed by atoms with Gasteiger partial charge < -0.3 is 5.11 Å². The van der Waals surface area contributed by atoms with Gasteiger partial charge in [-0.2, -0.15) is 0 Å². The number of nitrogens with one attached hydrogen (secondary N) is 1. The highest BCUT2D eigenvalue weighted by molar-refractivity contribution is 5.82. The standard InChI is InChI=1S/C12H15NO2/c1-9(10-5-3-2-4-6-10)13-12(7-8-12)11(14)15/h2-6,9,13H,7-8H2,1H3,(H,14,15). The van der Waals surface area contributed by atoms with Gasteiger partial charge in [-0.15, -0.1) is 0 Å². The number of aliphatic carboxylic acids is 1. The molecular weight excluding hydrogens is 190 g/mol. The maximum absolute atomic E-state index is 11.0. The molecule has 80 valence electrons. The predicted octanol–water partition coefficient (Wildman–Crippen LogP) is 1.95. The molecule has 0 aliphatic heterocycles. The summed E-state index contributed by atoms with van der Waals surface area (Å²) in [6.45, 7) is 2.00. The number of hydrogen-bond acceptors (Lipinski definition) is 2. The molecule has 15 heavy (non-hydrogen) atoms. The Hall–Kier alpha value is -1.35. The molecule has 3 heteroatoms. The van der Waals surface area contributed by atoms with Crippen molar-refractivity contribution in [2.75, 3.05) is 0 Å². The number of carbonyl (C=O) groups is 1. The summed E-state index contributed by atoms with van der Waals surface area (Å²) < 4.78 is 0. The van der Waals surface area contributed by atoms with Gasteiger partial charge in [0.1, 0.15) is 5.54 Å². The lowest BCUT2D eigenvalue weighted by Gasteiger charge is -2.19. The molecule has 2 N–H and O–H groups in total. The third kappa shape index (κ3) is 2.02. The van der Waals surface area contributed by atoms with Gasteiger partial charge in [-0.3, -0.25) is 10.1 Å². The van der Waals surface area contributed by atoms with Gasteiger partial charge in [0.15, 0.2) is 0 Å². The molecule has 0 spiro atoms. The van der Waals surface area contributed by atoms with Crippen molar-refractivity contribution in [3.63, 3.8) is 0 Å². The Kier molecular flexibility index (Phi) is 2.49. The van der Waals surface area contributed by atoms with Gasteiger partial charge in [-0.1, -0.05) is 30.3 Å². The first-order chi connectivity index (χ1) is 7.14. The summed E-state index contributed by atoms with van der Waals surface area (Å²) in [6, 6.07) is 10.00. The van der Waals surface area contributed by atoms with Gasteiger partial charge in [-0.25, -0.2) is 0 Å². The van der Waals surface area contributed by atoms with E-state index in [0.717, 1.165) is 18.4 Å². The van der Waals surface area contributed by atoms with Crippen LogP contribution in [-0.2, 0) is 4.79 Å². The van der Waals surface area contributed by atoms with Gasteiger partial charge in [-0.05, 0) is 25.3 Å². The fourth-order valence-corrected chi connectivity index (χ4v) is 1.78. The van der Waals surface area contributed by atoms with Crippen molar-refractivity contribution in [2.45, 2.75) is 31.3 Å². The minimum absolute atomic E-state index is 0.0878. The molecular formula is C12H15NO2. The summed E-state index contributed by atoms with van der Waals surface area (Å²) >= 11 is 0. The Morgan fingerprint density at radius 1 is 1.40 bits per heavy atom. The Morgan fingerprint density at radius 2 is 2.00 bits per heavy atom. The molecule has 0 amide bonds. The summed E-state index contributed by atoms with van der Waals surface area (Å²) in [4.78, 5) is 11.0. The first-order valence-corrected chi connectivity index (χ1v) is 5.20. The molecule has 0 aromatic heterocycles. The SMILES string of the molecule is CC(NC1(C(=O)O)CC1)c1ccccc1. The van der Waals surface area contributed by atoms with Crippen LogP contribution >= 0.6 is 0 Å². The van der Waals surface area contributed by atoms with E-state index in [1.807, 2.05) is 37.3 Å². The first kappa shape index (κ1) is 10.2. The molecule has 1 aliphatic carbocycles. The van der Waals surface area contributed by atoms with Crippen molar-refractivity contribution in [1.82, 2.24) is 5.32 Å². The van der Waals surface area contributed by atoms with Crippen LogP contribution in [0.1, 0.15) is 31.4 Å². The highest BCUT2D eigenvalue weighted by Crippen LogP contribution is 2.37. The molecule has 1 unspecified atom stereocenters. The fourth-order valence-electron chi connectivity index (χ4n) is 1.78. The summed E-state index contributed by atoms with van der Waals surface area (Å²) in [5, 5.41) is 12.2. The molecule has 1 atom stereocenters. The lowest BCUT2D eigenvalue weighted by Crippen LogP contribution is -2.40. The van der Waals surface area contributed by atoms with Crippen molar-refractivity contribution in [3.05, 3.63) is 35.9 Å². The highest BCUT2D eigenvalue weighted by atomic mass is 16.4. The van der Waals surface area contributed by atoms with Crippen LogP contribution in [0.5, 0.6) is 0 Å². The highest BCUT2D eigenvalue weighted by Gasteiger charge is 2.50. The predicted molar refractivity (Wildman–Crippen MR) is 57.6 cm³/mol. The lowest BCUT2D eigenvalue weighted by molar-refractivity contribution is -0.141. The minimum Gasteiger partial charge on any atom is -0.480 e. The smallest absolute Gasteiger partial charge is 0.323 e. The van der Waals surface area contributed by atoms with E-state index in [1.54, 1.807) is 0 Å². The number of carboxylic acids is 1. The van der Waals surface area contributed by atoms with E-state index in [-0.39, 0.29) is 6.04 Å². The topological polar surface area (TPSA) is 49.3 Å². The molecule has 3 nitrogen and oxygen atoms in total. The Balaban J connectivity index is 2.05. The second-order valence-electron chi connectivity index (χ2n) is 4.16. The number of carboxylic acid groups (broad SMARTS) is 1. The van der Waals surface area contributed by atoms with E-state index in [1.165, 1.54) is 0 Å². The first-order valence-electron chi connectivity index (χ1n) is 5.20. The van der Waals surface area contributed by atoms with Gasteiger partial charge in [0.05, 0.1) is 0 Å². The van der Waals surface area contributed by atoms with Crippen LogP contribution in [0, 0.1) is 0 Å². The molecule has 1 aliphatic rings. The van der Waals surface area contributed by atoms with Crippen LogP contribution in [0.4, 0.5) is 0 Å². The molecule has 1 aromatic carbocycles. The van der Waals surface area contributed by atoms with Gasteiger partial charge in [0.25, 0.3) is 0 Å². The van der Waals surface area contributed by atoms with Gasteiger partial charge in [0.2, 0.25) is 0 Å². The second kappa shape index (κ2) is 3.66. The zero-order valence-electron chi connectivity index (χ0n) is 8.73. The van der Waals surface area contributed by atoms with Crippen molar-refractivity contribution < 1.29 is 9.90 Å². The number of rotatable bonds is 4. The molecule has 0 radical (unpaired) electrons. The summed E-state index contributed by atoms with van der Waals surface area (Å²) in [5.74, 6) is -0.731. The third-order valence-corrected chi connectivity index (χ3v) is 2.95. The van der Waals surface area contributed by atoms with Crippen LogP contribution in [0.3, 0.4) is 0 Å². The van der Waals surface area contributed by atoms with Crippen LogP contribution in [0.2, 0.25) is 0 Å². The molecule has 0 heterocycles. The zero-order chi connectivity index (χ0) is 10.9. The number of hydrogen-bond donors (Lipinski definition) is 2. The number of benzene rings is 1. The van der Waals surface area contributed by atoms with Crippen molar-refractivity contribution in [3.8, 4) is 0 Å². The average molecular weight is 205 g/mol. The maximum Gasteiger partial charge on any atom is 0.323 e. The van der Waals surface area contributed by atoms with Crippen molar-refractivity contribution >= 4 is 5.97 Å². The van der Waals surface area contributed by atoms with E-state index < -0.39 is 11.5 Å². The Bertz CT molecular complexity index is 357. The quantitative estimate of drug-likeness (QED) is 0.790. The van der Waals surface area contributed by atoms with Crippen LogP contribution in [-0.4, -0.2) is 16.6 Å². The largest absolute Gasteiger partial charge is 0.480 e. The fraction of sp³-hybridized carbons (Fsp3) is 0.417. The molecule has 1 saturated carbocycles. The van der Waals surface area contributed by atoms with Crippen LogP contribution in [0.15, 0.2) is 30.3 Å².